The number of nitrogens with zero attached hydrogens (tertiary/aromatic N) is 2. The minimum Gasteiger partial charge on any atom is -0.870 e. The van der Waals surface area contributed by atoms with Crippen molar-refractivity contribution >= 4 is 62.0 Å². The summed E-state index contributed by atoms with van der Waals surface area (Å²) in [6, 6.07) is 47.9. The molecule has 7 rings (SSSR count). The molecule has 0 saturated carbocycles. The van der Waals surface area contributed by atoms with E-state index in [0.29, 0.717) is 34.4 Å². The second-order valence-electron chi connectivity index (χ2n) is 12.5. The summed E-state index contributed by atoms with van der Waals surface area (Å²) in [6.45, 7) is 0. The standard InChI is InChI=1S/C24H19BrN2O2.C17H15BrO3.C7H8N2.ClH.K.H2O/c1-28-22-13-10-18(14-23(22)29-2)21-15-20(16-8-11-19(25)12-9-16)26-24(27-21)17-6-4-3-5-7-17;1-20-16-10-4-12(11-17(16)21-2)3-9-15(19)13-5-7-14(18)8-6-13;8-7(9)6-4-2-1-3-5-6;;;/h3-15H,1-2H3;3-11H,1-2H3;1-5H,(H3,8,9);1H;;1H2/q;;;;+1;/p-1/b;9-3+;;;;. The number of benzene rings is 6. The van der Waals surface area contributed by atoms with Crippen LogP contribution in [0.15, 0.2) is 167 Å². The second-order valence-corrected chi connectivity index (χ2v) is 14.3. The summed E-state index contributed by atoms with van der Waals surface area (Å²) in [5.41, 5.74) is 12.1. The van der Waals surface area contributed by atoms with Crippen molar-refractivity contribution in [2.75, 3.05) is 28.4 Å². The predicted octanol–water partition coefficient (Wildman–Crippen LogP) is 8.84. The first-order valence-corrected chi connectivity index (χ1v) is 19.7. The van der Waals surface area contributed by atoms with Gasteiger partial charge >= 0.3 is 51.4 Å². The van der Waals surface area contributed by atoms with E-state index in [1.54, 1.807) is 52.7 Å². The average Bonchev–Trinajstić information content (AvgIpc) is 3.29. The van der Waals surface area contributed by atoms with Gasteiger partial charge in [0.05, 0.1) is 39.8 Å². The van der Waals surface area contributed by atoms with Crippen molar-refractivity contribution in [1.29, 1.82) is 5.41 Å². The molecule has 0 atom stereocenters. The van der Waals surface area contributed by atoms with Crippen LogP contribution in [0.1, 0.15) is 21.5 Å². The molecular formula is C48H44Br2ClKN4O6. The molecule has 314 valence electrons. The molecule has 7 aromatic rings. The molecule has 0 radical (unpaired) electrons. The van der Waals surface area contributed by atoms with E-state index in [-0.39, 0.29) is 80.9 Å². The molecule has 0 aliphatic heterocycles. The zero-order valence-corrected chi connectivity index (χ0v) is 41.8. The number of methoxy groups -OCH3 is 4. The van der Waals surface area contributed by atoms with Crippen molar-refractivity contribution in [3.63, 3.8) is 0 Å². The van der Waals surface area contributed by atoms with E-state index in [9.17, 15) is 4.79 Å². The van der Waals surface area contributed by atoms with Crippen LogP contribution in [0.3, 0.4) is 0 Å². The number of nitrogen functional groups attached to an aromatic ring is 1. The number of carbonyl (C=O) groups excluding carboxylic acids is 1. The fraction of sp³-hybridized carbons (Fsp3) is 0.0833. The Balaban J connectivity index is 0.000000352. The molecule has 14 heteroatoms. The molecule has 0 bridgehead atoms. The van der Waals surface area contributed by atoms with Crippen LogP contribution in [0.5, 0.6) is 23.0 Å². The van der Waals surface area contributed by atoms with Gasteiger partial charge in [-0.25, -0.2) is 9.97 Å². The normalized spacial score (nSPS) is 9.84. The molecule has 62 heavy (non-hydrogen) atoms. The Kier molecular flexibility index (Phi) is 23.6. The van der Waals surface area contributed by atoms with Crippen molar-refractivity contribution < 1.29 is 80.6 Å². The first-order chi connectivity index (χ1) is 28.6. The van der Waals surface area contributed by atoms with Gasteiger partial charge in [-0.15, -0.1) is 12.4 Å². The molecule has 10 nitrogen and oxygen atoms in total. The smallest absolute Gasteiger partial charge is 0.870 e. The van der Waals surface area contributed by atoms with E-state index in [1.165, 1.54) is 0 Å². The van der Waals surface area contributed by atoms with E-state index in [0.717, 1.165) is 48.2 Å². The molecule has 6 aromatic carbocycles. The van der Waals surface area contributed by atoms with Gasteiger partial charge in [0.15, 0.2) is 34.6 Å². The second kappa shape index (κ2) is 27.4. The zero-order chi connectivity index (χ0) is 42.1. The van der Waals surface area contributed by atoms with Gasteiger partial charge in [-0.1, -0.05) is 117 Å². The van der Waals surface area contributed by atoms with E-state index in [4.69, 9.17) is 40.1 Å². The molecule has 1 aromatic heterocycles. The molecule has 0 amide bonds. The number of hydrogen-bond donors (Lipinski definition) is 2. The quantitative estimate of drug-likeness (QED) is 0.0425. The number of allylic oxidation sites excluding steroid dienone is 1. The van der Waals surface area contributed by atoms with E-state index < -0.39 is 0 Å². The van der Waals surface area contributed by atoms with Gasteiger partial charge in [-0.3, -0.25) is 10.2 Å². The number of aromatic nitrogens is 2. The Bertz CT molecular complexity index is 2520. The van der Waals surface area contributed by atoms with Crippen LogP contribution in [-0.2, 0) is 0 Å². The zero-order valence-electron chi connectivity index (χ0n) is 34.7. The van der Waals surface area contributed by atoms with Crippen LogP contribution in [0, 0.1) is 5.41 Å². The number of nitrogens with two attached hydrogens (primary N) is 1. The van der Waals surface area contributed by atoms with Gasteiger partial charge in [0.2, 0.25) is 0 Å². The summed E-state index contributed by atoms with van der Waals surface area (Å²) >= 11 is 6.84. The number of carbonyl (C=O) groups is 1. The maximum absolute atomic E-state index is 12.0. The molecule has 0 saturated heterocycles. The molecule has 0 aliphatic carbocycles. The van der Waals surface area contributed by atoms with E-state index in [1.807, 2.05) is 140 Å². The van der Waals surface area contributed by atoms with Gasteiger partial charge in [0.1, 0.15) is 5.84 Å². The number of ether oxygens (including phenoxy) is 4. The SMILES string of the molecule is COc1ccc(-c2cc(-c3ccc(Br)cc3)nc(-c3ccccc3)n2)cc1OC.COc1ccc(/C=C/C(=O)c2ccc(Br)cc2)cc1OC.Cl.N=C(N)c1ccccc1.[K+].[OH-]. The number of ketones is 1. The Hall–Kier alpha value is -4.67. The third-order valence-electron chi connectivity index (χ3n) is 8.63. The Morgan fingerprint density at radius 1 is 0.565 bits per heavy atom. The first-order valence-electron chi connectivity index (χ1n) is 18.1. The largest absolute Gasteiger partial charge is 1.00 e. The Morgan fingerprint density at radius 2 is 1.03 bits per heavy atom. The predicted molar refractivity (Wildman–Crippen MR) is 253 cm³/mol. The molecular weight excluding hydrogens is 963 g/mol. The van der Waals surface area contributed by atoms with E-state index >= 15 is 0 Å². The van der Waals surface area contributed by atoms with Crippen LogP contribution in [0.25, 0.3) is 40.0 Å². The maximum Gasteiger partial charge on any atom is 1.00 e. The van der Waals surface area contributed by atoms with Gasteiger partial charge in [0, 0.05) is 36.8 Å². The summed E-state index contributed by atoms with van der Waals surface area (Å²) in [4.78, 5) is 21.7. The summed E-state index contributed by atoms with van der Waals surface area (Å²) in [7, 11) is 6.42. The van der Waals surface area contributed by atoms with Crippen molar-refractivity contribution in [2.24, 2.45) is 5.73 Å². The number of nitrogens with one attached hydrogen (secondary N) is 1. The van der Waals surface area contributed by atoms with Crippen LogP contribution >= 0.6 is 44.3 Å². The number of amidine groups is 1. The molecule has 1 heterocycles. The summed E-state index contributed by atoms with van der Waals surface area (Å²) in [6.07, 6.45) is 3.30. The first kappa shape index (κ1) is 53.5. The monoisotopic (exact) mass is 1000 g/mol. The third-order valence-corrected chi connectivity index (χ3v) is 9.68. The fourth-order valence-electron chi connectivity index (χ4n) is 5.53. The number of halogens is 3. The minimum atomic E-state index is -0.0442. The molecule has 0 spiro atoms. The number of rotatable bonds is 11. The van der Waals surface area contributed by atoms with Crippen LogP contribution in [0.2, 0.25) is 0 Å². The van der Waals surface area contributed by atoms with Gasteiger partial charge in [-0.05, 0) is 84.4 Å². The number of hydrogen-bond acceptors (Lipinski definition) is 9. The molecule has 0 unspecified atom stereocenters. The third kappa shape index (κ3) is 15.6. The van der Waals surface area contributed by atoms with Crippen LogP contribution in [-0.4, -0.2) is 55.5 Å². The average molecular weight is 1010 g/mol. The molecule has 4 N–H and O–H groups in total. The van der Waals surface area contributed by atoms with Crippen LogP contribution in [0.4, 0.5) is 0 Å². The van der Waals surface area contributed by atoms with E-state index in [2.05, 4.69) is 31.9 Å². The molecule has 0 fully saturated rings. The fourth-order valence-corrected chi connectivity index (χ4v) is 6.06. The summed E-state index contributed by atoms with van der Waals surface area (Å²) < 4.78 is 23.2. The van der Waals surface area contributed by atoms with Gasteiger partial charge < -0.3 is 30.2 Å². The summed E-state index contributed by atoms with van der Waals surface area (Å²) in [5.74, 6) is 3.39. The topological polar surface area (TPSA) is 160 Å². The van der Waals surface area contributed by atoms with Gasteiger partial charge in [0.25, 0.3) is 0 Å². The van der Waals surface area contributed by atoms with Crippen molar-refractivity contribution in [3.05, 3.63) is 183 Å². The van der Waals surface area contributed by atoms with Crippen LogP contribution < -0.4 is 76.1 Å². The van der Waals surface area contributed by atoms with Gasteiger partial charge in [-0.2, -0.15) is 0 Å². The minimum absolute atomic E-state index is 0. The van der Waals surface area contributed by atoms with Crippen molar-refractivity contribution in [1.82, 2.24) is 9.97 Å². The Labute approximate surface area is 427 Å². The van der Waals surface area contributed by atoms with Crippen molar-refractivity contribution in [2.45, 2.75) is 0 Å². The molecule has 0 aliphatic rings. The maximum atomic E-state index is 12.0. The Morgan fingerprint density at radius 3 is 1.55 bits per heavy atom. The van der Waals surface area contributed by atoms with Crippen molar-refractivity contribution in [3.8, 4) is 56.9 Å². The summed E-state index contributed by atoms with van der Waals surface area (Å²) in [5, 5.41) is 7.01.